The van der Waals surface area contributed by atoms with Crippen molar-refractivity contribution < 1.29 is 4.79 Å². The zero-order valence-corrected chi connectivity index (χ0v) is 9.99. The van der Waals surface area contributed by atoms with Crippen LogP contribution in [-0.4, -0.2) is 21.1 Å². The van der Waals surface area contributed by atoms with Gasteiger partial charge in [-0.2, -0.15) is 5.10 Å². The van der Waals surface area contributed by atoms with Crippen LogP contribution in [0.15, 0.2) is 29.8 Å². The molecule has 0 aliphatic rings. The van der Waals surface area contributed by atoms with E-state index in [1.54, 1.807) is 17.6 Å². The van der Waals surface area contributed by atoms with E-state index in [2.05, 4.69) is 20.5 Å². The molecule has 1 amide bonds. The minimum Gasteiger partial charge on any atom is -0.366 e. The summed E-state index contributed by atoms with van der Waals surface area (Å²) in [5, 5.41) is 12.3. The number of fused-ring (bicyclic) bond motifs is 1. The second-order valence-electron chi connectivity index (χ2n) is 3.65. The number of carbonyl (C=O) groups excluding carboxylic acids is 1. The fraction of sp³-hybridized carbons (Fsp3) is 0. The van der Waals surface area contributed by atoms with Gasteiger partial charge >= 0.3 is 0 Å². The smallest absolute Gasteiger partial charge is 0.251 e. The molecular formula is C11H9N5OS. The van der Waals surface area contributed by atoms with Crippen LogP contribution in [0.5, 0.6) is 0 Å². The minimum atomic E-state index is -0.455. The van der Waals surface area contributed by atoms with Gasteiger partial charge in [-0.05, 0) is 23.6 Å². The maximum atomic E-state index is 11.2. The Hall–Kier alpha value is -2.41. The molecule has 0 saturated heterocycles. The average Bonchev–Trinajstić information content (AvgIpc) is 2.96. The number of H-pyrrole nitrogens is 1. The first-order valence-electron chi connectivity index (χ1n) is 5.18. The highest BCUT2D eigenvalue weighted by Gasteiger charge is 2.10. The molecule has 0 aliphatic heterocycles. The van der Waals surface area contributed by atoms with Gasteiger partial charge in [0.25, 0.3) is 5.91 Å². The van der Waals surface area contributed by atoms with Crippen LogP contribution in [0.3, 0.4) is 0 Å². The third-order valence-electron chi connectivity index (χ3n) is 2.47. The van der Waals surface area contributed by atoms with Crippen LogP contribution >= 0.6 is 11.3 Å². The molecule has 0 aromatic carbocycles. The zero-order chi connectivity index (χ0) is 12.5. The van der Waals surface area contributed by atoms with Crippen LogP contribution in [0, 0.1) is 0 Å². The van der Waals surface area contributed by atoms with E-state index >= 15 is 0 Å². The average molecular weight is 259 g/mol. The lowest BCUT2D eigenvalue weighted by atomic mass is 10.3. The molecule has 0 aliphatic carbocycles. The summed E-state index contributed by atoms with van der Waals surface area (Å²) in [6.45, 7) is 0. The minimum absolute atomic E-state index is 0.455. The summed E-state index contributed by atoms with van der Waals surface area (Å²) < 4.78 is 0. The van der Waals surface area contributed by atoms with Gasteiger partial charge in [-0.25, -0.2) is 4.98 Å². The number of hydrogen-bond acceptors (Lipinski definition) is 5. The Balaban J connectivity index is 1.95. The van der Waals surface area contributed by atoms with E-state index in [-0.39, 0.29) is 0 Å². The Morgan fingerprint density at radius 3 is 3.11 bits per heavy atom. The molecule has 3 rings (SSSR count). The van der Waals surface area contributed by atoms with Gasteiger partial charge in [0.05, 0.1) is 17.3 Å². The number of carbonyl (C=O) groups is 1. The van der Waals surface area contributed by atoms with Crippen LogP contribution in [0.25, 0.3) is 11.0 Å². The van der Waals surface area contributed by atoms with E-state index in [0.717, 1.165) is 11.0 Å². The number of thiophene rings is 1. The van der Waals surface area contributed by atoms with E-state index in [0.29, 0.717) is 16.4 Å². The first-order chi connectivity index (χ1) is 8.74. The Bertz CT molecular complexity index is 717. The first-order valence-corrected chi connectivity index (χ1v) is 6.06. The Morgan fingerprint density at radius 2 is 2.28 bits per heavy atom. The summed E-state index contributed by atoms with van der Waals surface area (Å²) in [4.78, 5) is 15.6. The van der Waals surface area contributed by atoms with Crippen LogP contribution in [0.1, 0.15) is 10.4 Å². The number of hydrogen-bond donors (Lipinski definition) is 3. The van der Waals surface area contributed by atoms with Crippen LogP contribution < -0.4 is 11.1 Å². The largest absolute Gasteiger partial charge is 0.366 e. The summed E-state index contributed by atoms with van der Waals surface area (Å²) in [6, 6.07) is 5.37. The summed E-state index contributed by atoms with van der Waals surface area (Å²) in [7, 11) is 0. The van der Waals surface area contributed by atoms with E-state index in [1.807, 2.05) is 12.1 Å². The van der Waals surface area contributed by atoms with Crippen molar-refractivity contribution in [3.8, 4) is 0 Å². The zero-order valence-electron chi connectivity index (χ0n) is 9.18. The van der Waals surface area contributed by atoms with Crippen molar-refractivity contribution in [2.45, 2.75) is 0 Å². The number of nitrogens with zero attached hydrogens (tertiary/aromatic N) is 2. The van der Waals surface area contributed by atoms with Crippen LogP contribution in [-0.2, 0) is 0 Å². The number of anilines is 2. The number of nitrogens with one attached hydrogen (secondary N) is 2. The number of rotatable bonds is 3. The number of primary amides is 1. The fourth-order valence-electron chi connectivity index (χ4n) is 1.62. The van der Waals surface area contributed by atoms with Gasteiger partial charge in [0.2, 0.25) is 0 Å². The molecule has 18 heavy (non-hydrogen) atoms. The number of nitrogens with two attached hydrogens (primary N) is 1. The highest BCUT2D eigenvalue weighted by molar-refractivity contribution is 7.14. The van der Waals surface area contributed by atoms with Gasteiger partial charge in [-0.1, -0.05) is 0 Å². The maximum Gasteiger partial charge on any atom is 0.251 e. The maximum absolute atomic E-state index is 11.2. The monoisotopic (exact) mass is 259 g/mol. The molecule has 0 bridgehead atoms. The quantitative estimate of drug-likeness (QED) is 0.668. The molecule has 0 spiro atoms. The van der Waals surface area contributed by atoms with Gasteiger partial charge in [-0.3, -0.25) is 9.89 Å². The van der Waals surface area contributed by atoms with Crippen LogP contribution in [0.2, 0.25) is 0 Å². The molecule has 4 N–H and O–H groups in total. The Labute approximate surface area is 106 Å². The lowest BCUT2D eigenvalue weighted by Crippen LogP contribution is -2.11. The number of amides is 1. The first kappa shape index (κ1) is 10.7. The number of pyridine rings is 1. The molecular weight excluding hydrogens is 250 g/mol. The van der Waals surface area contributed by atoms with Crippen molar-refractivity contribution in [2.24, 2.45) is 5.73 Å². The lowest BCUT2D eigenvalue weighted by Gasteiger charge is -2.04. The summed E-state index contributed by atoms with van der Waals surface area (Å²) >= 11 is 1.40. The van der Waals surface area contributed by atoms with E-state index in [1.165, 1.54) is 11.3 Å². The SMILES string of the molecule is NC(=O)c1ccsc1Nc1ccc2[nH]ncc2n1. The molecule has 0 unspecified atom stereocenters. The summed E-state index contributed by atoms with van der Waals surface area (Å²) in [5.74, 6) is 0.192. The molecule has 0 saturated carbocycles. The predicted octanol–water partition coefficient (Wildman–Crippen LogP) is 1.86. The lowest BCUT2D eigenvalue weighted by molar-refractivity contribution is 0.100. The molecule has 3 aromatic heterocycles. The van der Waals surface area contributed by atoms with Gasteiger partial charge in [0.15, 0.2) is 0 Å². The highest BCUT2D eigenvalue weighted by atomic mass is 32.1. The van der Waals surface area contributed by atoms with Crippen LogP contribution in [0.4, 0.5) is 10.8 Å². The number of aromatic nitrogens is 3. The standard InChI is InChI=1S/C11H9N5OS/c12-10(17)6-3-4-18-11(6)15-9-2-1-7-8(14-9)5-13-16-7/h1-5H,(H2,12,17)(H,13,16)(H,14,15). The van der Waals surface area contributed by atoms with Crippen molar-refractivity contribution in [1.82, 2.24) is 15.2 Å². The van der Waals surface area contributed by atoms with E-state index < -0.39 is 5.91 Å². The molecule has 0 fully saturated rings. The van der Waals surface area contributed by atoms with Crippen molar-refractivity contribution in [3.05, 3.63) is 35.3 Å². The Morgan fingerprint density at radius 1 is 1.39 bits per heavy atom. The molecule has 7 heteroatoms. The topological polar surface area (TPSA) is 96.7 Å². The third kappa shape index (κ3) is 1.80. The van der Waals surface area contributed by atoms with E-state index in [4.69, 9.17) is 5.73 Å². The van der Waals surface area contributed by atoms with Gasteiger partial charge in [-0.15, -0.1) is 11.3 Å². The normalized spacial score (nSPS) is 10.7. The molecule has 3 heterocycles. The van der Waals surface area contributed by atoms with Gasteiger partial charge in [0.1, 0.15) is 16.3 Å². The molecule has 3 aromatic rings. The molecule has 0 atom stereocenters. The third-order valence-corrected chi connectivity index (χ3v) is 3.30. The summed E-state index contributed by atoms with van der Waals surface area (Å²) in [5.41, 5.74) is 7.37. The van der Waals surface area contributed by atoms with Crippen molar-refractivity contribution in [3.63, 3.8) is 0 Å². The fourth-order valence-corrected chi connectivity index (χ4v) is 2.42. The van der Waals surface area contributed by atoms with Crippen molar-refractivity contribution in [2.75, 3.05) is 5.32 Å². The molecule has 0 radical (unpaired) electrons. The van der Waals surface area contributed by atoms with Gasteiger partial charge < -0.3 is 11.1 Å². The van der Waals surface area contributed by atoms with Crippen molar-refractivity contribution >= 4 is 39.1 Å². The van der Waals surface area contributed by atoms with E-state index in [9.17, 15) is 4.79 Å². The number of aromatic amines is 1. The second-order valence-corrected chi connectivity index (χ2v) is 4.57. The predicted molar refractivity (Wildman–Crippen MR) is 70.0 cm³/mol. The van der Waals surface area contributed by atoms with Crippen molar-refractivity contribution in [1.29, 1.82) is 0 Å². The van der Waals surface area contributed by atoms with Gasteiger partial charge in [0, 0.05) is 0 Å². The molecule has 6 nitrogen and oxygen atoms in total. The Kier molecular flexibility index (Phi) is 2.45. The highest BCUT2D eigenvalue weighted by Crippen LogP contribution is 2.26. The second kappa shape index (κ2) is 4.11. The molecule has 90 valence electrons. The summed E-state index contributed by atoms with van der Waals surface area (Å²) in [6.07, 6.45) is 1.64.